The van der Waals surface area contributed by atoms with Gasteiger partial charge in [-0.2, -0.15) is 0 Å². The van der Waals surface area contributed by atoms with Crippen molar-refractivity contribution < 1.29 is 9.47 Å². The van der Waals surface area contributed by atoms with Crippen LogP contribution >= 0.6 is 15.9 Å². The minimum atomic E-state index is 0.729. The van der Waals surface area contributed by atoms with Gasteiger partial charge in [-0.1, -0.05) is 15.9 Å². The Morgan fingerprint density at radius 3 is 2.42 bits per heavy atom. The zero-order valence-corrected chi connectivity index (χ0v) is 13.2. The Balaban J connectivity index is 1.62. The van der Waals surface area contributed by atoms with Crippen LogP contribution in [-0.4, -0.2) is 43.6 Å². The molecule has 1 aliphatic rings. The van der Waals surface area contributed by atoms with Crippen LogP contribution in [0.1, 0.15) is 12.8 Å². The first-order chi connectivity index (χ1) is 9.17. The van der Waals surface area contributed by atoms with Gasteiger partial charge < -0.3 is 14.4 Å². The monoisotopic (exact) mass is 327 g/mol. The lowest BCUT2D eigenvalue weighted by Crippen LogP contribution is -2.36. The van der Waals surface area contributed by atoms with Crippen molar-refractivity contribution in [1.29, 1.82) is 0 Å². The molecule has 0 spiro atoms. The average molecular weight is 328 g/mol. The van der Waals surface area contributed by atoms with E-state index < -0.39 is 0 Å². The number of methoxy groups -OCH3 is 1. The van der Waals surface area contributed by atoms with Crippen LogP contribution in [0, 0.1) is 5.92 Å². The first-order valence-electron chi connectivity index (χ1n) is 6.77. The van der Waals surface area contributed by atoms with Gasteiger partial charge in [0.05, 0.1) is 7.11 Å². The third kappa shape index (κ3) is 4.69. The summed E-state index contributed by atoms with van der Waals surface area (Å²) in [5.41, 5.74) is 0. The molecule has 0 saturated heterocycles. The van der Waals surface area contributed by atoms with Crippen LogP contribution in [0.25, 0.3) is 0 Å². The molecule has 0 unspecified atom stereocenters. The highest BCUT2D eigenvalue weighted by molar-refractivity contribution is 9.09. The molecule has 2 rings (SSSR count). The van der Waals surface area contributed by atoms with E-state index in [0.29, 0.717) is 0 Å². The number of ether oxygens (including phenoxy) is 2. The van der Waals surface area contributed by atoms with Crippen LogP contribution in [0.4, 0.5) is 0 Å². The maximum Gasteiger partial charge on any atom is 0.119 e. The number of halogens is 1. The first kappa shape index (κ1) is 14.7. The smallest absolute Gasteiger partial charge is 0.119 e. The molecule has 1 saturated carbocycles. The zero-order chi connectivity index (χ0) is 13.7. The normalized spacial score (nSPS) is 22.1. The van der Waals surface area contributed by atoms with Crippen LogP contribution in [0.5, 0.6) is 11.5 Å². The van der Waals surface area contributed by atoms with Gasteiger partial charge in [0.25, 0.3) is 0 Å². The molecule has 3 nitrogen and oxygen atoms in total. The molecule has 0 radical (unpaired) electrons. The molecule has 1 aromatic rings. The molecule has 4 heteroatoms. The Bertz CT molecular complexity index is 376. The summed E-state index contributed by atoms with van der Waals surface area (Å²) in [4.78, 5) is 3.11. The zero-order valence-electron chi connectivity index (χ0n) is 11.6. The third-order valence-corrected chi connectivity index (χ3v) is 4.30. The second kappa shape index (κ2) is 7.15. The molecule has 19 heavy (non-hydrogen) atoms. The van der Waals surface area contributed by atoms with Gasteiger partial charge in [0.1, 0.15) is 18.1 Å². The molecule has 0 heterocycles. The number of nitrogens with zero attached hydrogens (tertiary/aromatic N) is 1. The first-order valence-corrected chi connectivity index (χ1v) is 7.68. The van der Waals surface area contributed by atoms with E-state index in [-0.39, 0.29) is 0 Å². The van der Waals surface area contributed by atoms with Gasteiger partial charge >= 0.3 is 0 Å². The summed E-state index contributed by atoms with van der Waals surface area (Å²) in [5.74, 6) is 2.62. The van der Waals surface area contributed by atoms with Crippen LogP contribution in [-0.2, 0) is 0 Å². The Hall–Kier alpha value is -0.740. The summed E-state index contributed by atoms with van der Waals surface area (Å²) >= 11 is 3.63. The van der Waals surface area contributed by atoms with Crippen molar-refractivity contribution in [3.63, 3.8) is 0 Å². The minimum Gasteiger partial charge on any atom is -0.497 e. The van der Waals surface area contributed by atoms with Gasteiger partial charge in [-0.3, -0.25) is 0 Å². The van der Waals surface area contributed by atoms with Gasteiger partial charge in [0, 0.05) is 17.9 Å². The third-order valence-electron chi connectivity index (χ3n) is 3.55. The molecule has 106 valence electrons. The maximum absolute atomic E-state index is 5.72. The molecule has 0 aliphatic heterocycles. The summed E-state index contributed by atoms with van der Waals surface area (Å²) in [6.07, 6.45) is 2.62. The number of likely N-dealkylation sites (N-methyl/N-ethyl adjacent to an activating group) is 1. The van der Waals surface area contributed by atoms with Crippen LogP contribution < -0.4 is 9.47 Å². The molecule has 0 N–H and O–H groups in total. The van der Waals surface area contributed by atoms with Crippen molar-refractivity contribution >= 4 is 15.9 Å². The van der Waals surface area contributed by atoms with E-state index in [1.807, 2.05) is 24.3 Å². The number of rotatable bonds is 7. The maximum atomic E-state index is 5.72. The summed E-state index contributed by atoms with van der Waals surface area (Å²) in [7, 11) is 3.84. The van der Waals surface area contributed by atoms with E-state index in [1.165, 1.54) is 19.4 Å². The second-order valence-corrected chi connectivity index (χ2v) is 6.52. The van der Waals surface area contributed by atoms with E-state index in [0.717, 1.165) is 35.4 Å². The Kier molecular flexibility index (Phi) is 5.52. The predicted molar refractivity (Wildman–Crippen MR) is 81.4 cm³/mol. The van der Waals surface area contributed by atoms with Crippen molar-refractivity contribution in [3.8, 4) is 11.5 Å². The summed E-state index contributed by atoms with van der Waals surface area (Å²) < 4.78 is 10.8. The van der Waals surface area contributed by atoms with Crippen LogP contribution in [0.15, 0.2) is 24.3 Å². The molecular weight excluding hydrogens is 306 g/mol. The van der Waals surface area contributed by atoms with E-state index in [1.54, 1.807) is 7.11 Å². The van der Waals surface area contributed by atoms with Crippen molar-refractivity contribution in [1.82, 2.24) is 4.90 Å². The van der Waals surface area contributed by atoms with E-state index >= 15 is 0 Å². The van der Waals surface area contributed by atoms with Gasteiger partial charge in [-0.25, -0.2) is 0 Å². The SMILES string of the molecule is COc1ccc(OCCN(C)CC2CC(Br)C2)cc1. The van der Waals surface area contributed by atoms with Crippen molar-refractivity contribution in [2.24, 2.45) is 5.92 Å². The lowest BCUT2D eigenvalue weighted by atomic mass is 9.85. The molecule has 1 fully saturated rings. The fourth-order valence-corrected chi connectivity index (χ4v) is 3.38. The Morgan fingerprint density at radius 1 is 1.21 bits per heavy atom. The van der Waals surface area contributed by atoms with E-state index in [9.17, 15) is 0 Å². The fourth-order valence-electron chi connectivity index (χ4n) is 2.33. The number of alkyl halides is 1. The number of benzene rings is 1. The quantitative estimate of drug-likeness (QED) is 0.718. The molecule has 0 amide bonds. The molecule has 0 aromatic heterocycles. The second-order valence-electron chi connectivity index (χ2n) is 5.22. The average Bonchev–Trinajstić information content (AvgIpc) is 2.38. The van der Waals surface area contributed by atoms with Crippen LogP contribution in [0.2, 0.25) is 0 Å². The van der Waals surface area contributed by atoms with Crippen molar-refractivity contribution in [2.45, 2.75) is 17.7 Å². The highest BCUT2D eigenvalue weighted by atomic mass is 79.9. The van der Waals surface area contributed by atoms with Gasteiger partial charge in [-0.05, 0) is 50.1 Å². The topological polar surface area (TPSA) is 21.7 Å². The Morgan fingerprint density at radius 2 is 1.84 bits per heavy atom. The van der Waals surface area contributed by atoms with Gasteiger partial charge in [-0.15, -0.1) is 0 Å². The minimum absolute atomic E-state index is 0.729. The summed E-state index contributed by atoms with van der Waals surface area (Å²) in [6, 6.07) is 7.73. The highest BCUT2D eigenvalue weighted by Gasteiger charge is 2.27. The Labute approximate surface area is 124 Å². The van der Waals surface area contributed by atoms with Crippen molar-refractivity contribution in [2.75, 3.05) is 33.9 Å². The van der Waals surface area contributed by atoms with Crippen molar-refractivity contribution in [3.05, 3.63) is 24.3 Å². The number of hydrogen-bond donors (Lipinski definition) is 0. The molecule has 1 aromatic carbocycles. The molecular formula is C15H22BrNO2. The largest absolute Gasteiger partial charge is 0.497 e. The van der Waals surface area contributed by atoms with E-state index in [2.05, 4.69) is 27.9 Å². The van der Waals surface area contributed by atoms with Crippen LogP contribution in [0.3, 0.4) is 0 Å². The van der Waals surface area contributed by atoms with E-state index in [4.69, 9.17) is 9.47 Å². The highest BCUT2D eigenvalue weighted by Crippen LogP contribution is 2.33. The molecule has 1 aliphatic carbocycles. The molecule has 0 atom stereocenters. The summed E-state index contributed by atoms with van der Waals surface area (Å²) in [6.45, 7) is 2.87. The molecule has 0 bridgehead atoms. The number of hydrogen-bond acceptors (Lipinski definition) is 3. The lowest BCUT2D eigenvalue weighted by Gasteiger charge is -2.34. The predicted octanol–water partition coefficient (Wildman–Crippen LogP) is 3.18. The fraction of sp³-hybridized carbons (Fsp3) is 0.600. The lowest BCUT2D eigenvalue weighted by molar-refractivity contribution is 0.182. The summed E-state index contributed by atoms with van der Waals surface area (Å²) in [5, 5.41) is 0. The van der Waals surface area contributed by atoms with Gasteiger partial charge in [0.15, 0.2) is 0 Å². The standard InChI is InChI=1S/C15H22BrNO2/c1-17(11-12-9-13(16)10-12)7-8-19-15-5-3-14(18-2)4-6-15/h3-6,12-13H,7-11H2,1-2H3. The van der Waals surface area contributed by atoms with Gasteiger partial charge in [0.2, 0.25) is 0 Å².